The molecule has 8 heteroatoms. The fourth-order valence-corrected chi connectivity index (χ4v) is 2.93. The fraction of sp³-hybridized carbons (Fsp3) is 0.733. The largest absolute Gasteiger partial charge is 0.408 e. The van der Waals surface area contributed by atoms with Gasteiger partial charge in [0.2, 0.25) is 5.91 Å². The van der Waals surface area contributed by atoms with E-state index in [0.29, 0.717) is 36.6 Å². The highest BCUT2D eigenvalue weighted by Crippen LogP contribution is 2.22. The average molecular weight is 332 g/mol. The number of carbonyl (C=O) groups excluding carboxylic acids is 1. The van der Waals surface area contributed by atoms with E-state index >= 15 is 0 Å². The van der Waals surface area contributed by atoms with Gasteiger partial charge in [-0.15, -0.1) is 0 Å². The van der Waals surface area contributed by atoms with Crippen molar-refractivity contribution >= 4 is 5.91 Å². The predicted molar refractivity (Wildman–Crippen MR) is 80.1 cm³/mol. The van der Waals surface area contributed by atoms with E-state index in [9.17, 15) is 18.0 Å². The molecule has 2 rings (SSSR count). The van der Waals surface area contributed by atoms with Crippen molar-refractivity contribution in [1.29, 1.82) is 0 Å². The predicted octanol–water partition coefficient (Wildman–Crippen LogP) is 1.82. The molecule has 1 fully saturated rings. The van der Waals surface area contributed by atoms with Crippen LogP contribution >= 0.6 is 0 Å². The third kappa shape index (κ3) is 4.46. The second-order valence-electron chi connectivity index (χ2n) is 6.72. The molecule has 1 aromatic heterocycles. The van der Waals surface area contributed by atoms with E-state index in [-0.39, 0.29) is 17.9 Å². The van der Waals surface area contributed by atoms with Gasteiger partial charge >= 0.3 is 6.18 Å². The lowest BCUT2D eigenvalue weighted by Crippen LogP contribution is -2.58. The number of aromatic nitrogens is 2. The zero-order valence-electron chi connectivity index (χ0n) is 13.9. The van der Waals surface area contributed by atoms with E-state index in [1.807, 2.05) is 13.8 Å². The van der Waals surface area contributed by atoms with Gasteiger partial charge in [-0.1, -0.05) is 0 Å². The van der Waals surface area contributed by atoms with Gasteiger partial charge in [0.25, 0.3) is 0 Å². The third-order valence-corrected chi connectivity index (χ3v) is 4.11. The molecule has 0 saturated carbocycles. The highest BCUT2D eigenvalue weighted by Gasteiger charge is 2.32. The van der Waals surface area contributed by atoms with Crippen LogP contribution in [-0.2, 0) is 17.8 Å². The third-order valence-electron chi connectivity index (χ3n) is 4.11. The van der Waals surface area contributed by atoms with Crippen molar-refractivity contribution in [2.45, 2.75) is 52.4 Å². The highest BCUT2D eigenvalue weighted by molar-refractivity contribution is 5.79. The van der Waals surface area contributed by atoms with E-state index in [4.69, 9.17) is 0 Å². The summed E-state index contributed by atoms with van der Waals surface area (Å²) in [4.78, 5) is 14.3. The van der Waals surface area contributed by atoms with Crippen molar-refractivity contribution < 1.29 is 18.0 Å². The minimum Gasteiger partial charge on any atom is -0.339 e. The molecule has 0 aliphatic carbocycles. The Hall–Kier alpha value is -1.57. The van der Waals surface area contributed by atoms with E-state index in [1.165, 1.54) is 0 Å². The molecule has 0 aromatic carbocycles. The van der Waals surface area contributed by atoms with E-state index in [0.717, 1.165) is 4.68 Å². The van der Waals surface area contributed by atoms with Crippen LogP contribution in [0.25, 0.3) is 0 Å². The molecule has 2 heterocycles. The number of hydrogen-bond donors (Lipinski definition) is 1. The molecule has 0 radical (unpaired) electrons. The summed E-state index contributed by atoms with van der Waals surface area (Å²) in [6.07, 6.45) is -4.24. The van der Waals surface area contributed by atoms with Crippen molar-refractivity contribution in [2.75, 3.05) is 19.6 Å². The van der Waals surface area contributed by atoms with Crippen molar-refractivity contribution in [1.82, 2.24) is 20.0 Å². The molecule has 1 aliphatic rings. The number of hydrogen-bond acceptors (Lipinski definition) is 3. The van der Waals surface area contributed by atoms with Gasteiger partial charge in [-0.05, 0) is 27.7 Å². The molecule has 0 spiro atoms. The van der Waals surface area contributed by atoms with Crippen LogP contribution in [0.3, 0.4) is 0 Å². The Kier molecular flexibility index (Phi) is 4.75. The van der Waals surface area contributed by atoms with Crippen molar-refractivity contribution in [3.05, 3.63) is 17.0 Å². The summed E-state index contributed by atoms with van der Waals surface area (Å²) >= 11 is 0. The summed E-state index contributed by atoms with van der Waals surface area (Å²) in [7, 11) is 0. The summed E-state index contributed by atoms with van der Waals surface area (Å²) < 4.78 is 38.6. The summed E-state index contributed by atoms with van der Waals surface area (Å²) in [5, 5.41) is 7.26. The van der Waals surface area contributed by atoms with E-state index in [2.05, 4.69) is 10.4 Å². The zero-order valence-corrected chi connectivity index (χ0v) is 13.9. The van der Waals surface area contributed by atoms with Crippen LogP contribution in [0.2, 0.25) is 0 Å². The maximum atomic E-state index is 12.6. The second kappa shape index (κ2) is 6.14. The molecule has 1 aliphatic heterocycles. The molecular weight excluding hydrogens is 309 g/mol. The Morgan fingerprint density at radius 3 is 2.57 bits per heavy atom. The monoisotopic (exact) mass is 332 g/mol. The first kappa shape index (κ1) is 17.8. The molecule has 130 valence electrons. The van der Waals surface area contributed by atoms with Crippen LogP contribution in [0.1, 0.15) is 30.8 Å². The van der Waals surface area contributed by atoms with Crippen LogP contribution in [0.15, 0.2) is 0 Å². The Morgan fingerprint density at radius 2 is 2.00 bits per heavy atom. The summed E-state index contributed by atoms with van der Waals surface area (Å²) in [6, 6.07) is 0. The molecule has 1 aromatic rings. The Labute approximate surface area is 133 Å². The first-order valence-electron chi connectivity index (χ1n) is 7.61. The minimum absolute atomic E-state index is 0.0719. The van der Waals surface area contributed by atoms with Crippen LogP contribution in [0, 0.1) is 13.8 Å². The molecule has 1 N–H and O–H groups in total. The number of nitrogens with one attached hydrogen (secondary N) is 1. The van der Waals surface area contributed by atoms with Gasteiger partial charge in [0.15, 0.2) is 0 Å². The second-order valence-corrected chi connectivity index (χ2v) is 6.72. The number of amides is 1. The standard InChI is InChI=1S/C15H23F3N4O/c1-10-12(11(2)22(20-10)9-15(16,17)18)7-13(23)21-6-5-19-14(3,4)8-21/h19H,5-9H2,1-4H3. The number of alkyl halides is 3. The Balaban J connectivity index is 2.12. The number of nitrogens with zero attached hydrogens (tertiary/aromatic N) is 3. The van der Waals surface area contributed by atoms with Gasteiger partial charge in [0, 0.05) is 36.4 Å². The Morgan fingerprint density at radius 1 is 1.35 bits per heavy atom. The number of halogens is 3. The summed E-state index contributed by atoms with van der Waals surface area (Å²) in [6.45, 7) is 8.03. The number of aryl methyl sites for hydroxylation is 1. The highest BCUT2D eigenvalue weighted by atomic mass is 19.4. The SMILES string of the molecule is Cc1nn(CC(F)(F)F)c(C)c1CC(=O)N1CCNC(C)(C)C1. The molecule has 5 nitrogen and oxygen atoms in total. The normalized spacial score (nSPS) is 18.3. The first-order valence-corrected chi connectivity index (χ1v) is 7.61. The molecule has 0 atom stereocenters. The van der Waals surface area contributed by atoms with E-state index < -0.39 is 12.7 Å². The van der Waals surface area contributed by atoms with Crippen molar-refractivity contribution in [2.24, 2.45) is 0 Å². The quantitative estimate of drug-likeness (QED) is 0.918. The molecule has 1 amide bonds. The maximum Gasteiger partial charge on any atom is 0.408 e. The molecule has 1 saturated heterocycles. The smallest absolute Gasteiger partial charge is 0.339 e. The Bertz CT molecular complexity index is 592. The van der Waals surface area contributed by atoms with Crippen LogP contribution in [0.5, 0.6) is 0 Å². The first-order chi connectivity index (χ1) is 10.5. The summed E-state index contributed by atoms with van der Waals surface area (Å²) in [5.74, 6) is -0.0719. The zero-order chi connectivity index (χ0) is 17.4. The van der Waals surface area contributed by atoms with Gasteiger partial charge in [-0.2, -0.15) is 18.3 Å². The van der Waals surface area contributed by atoms with Crippen LogP contribution < -0.4 is 5.32 Å². The van der Waals surface area contributed by atoms with Gasteiger partial charge in [-0.3, -0.25) is 9.48 Å². The van der Waals surface area contributed by atoms with Gasteiger partial charge < -0.3 is 10.2 Å². The lowest BCUT2D eigenvalue weighted by molar-refractivity contribution is -0.143. The molecule has 0 bridgehead atoms. The molecule has 23 heavy (non-hydrogen) atoms. The van der Waals surface area contributed by atoms with Crippen LogP contribution in [0.4, 0.5) is 13.2 Å². The lowest BCUT2D eigenvalue weighted by Gasteiger charge is -2.39. The molecule has 0 unspecified atom stereocenters. The van der Waals surface area contributed by atoms with Gasteiger partial charge in [-0.25, -0.2) is 0 Å². The van der Waals surface area contributed by atoms with E-state index in [1.54, 1.807) is 18.7 Å². The molecular formula is C15H23F3N4O. The van der Waals surface area contributed by atoms with Crippen molar-refractivity contribution in [3.63, 3.8) is 0 Å². The van der Waals surface area contributed by atoms with Crippen LogP contribution in [-0.4, -0.2) is 51.9 Å². The van der Waals surface area contributed by atoms with Crippen molar-refractivity contribution in [3.8, 4) is 0 Å². The topological polar surface area (TPSA) is 50.2 Å². The summed E-state index contributed by atoms with van der Waals surface area (Å²) in [5.41, 5.74) is 1.33. The minimum atomic E-state index is -4.33. The fourth-order valence-electron chi connectivity index (χ4n) is 2.93. The average Bonchev–Trinajstić information content (AvgIpc) is 2.63. The lowest BCUT2D eigenvalue weighted by atomic mass is 10.0. The maximum absolute atomic E-state index is 12.6. The van der Waals surface area contributed by atoms with Gasteiger partial charge in [0.1, 0.15) is 6.54 Å². The number of piperazine rings is 1. The number of carbonyl (C=O) groups is 1. The number of rotatable bonds is 3. The van der Waals surface area contributed by atoms with Gasteiger partial charge in [0.05, 0.1) is 12.1 Å².